The number of likely N-dealkylation sites (N-methyl/N-ethyl adjacent to an activating group) is 1. The highest BCUT2D eigenvalue weighted by Gasteiger charge is 2.34. The zero-order valence-corrected chi connectivity index (χ0v) is 18.8. The third-order valence-corrected chi connectivity index (χ3v) is 6.52. The molecule has 0 spiro atoms. The summed E-state index contributed by atoms with van der Waals surface area (Å²) in [6.07, 6.45) is -4.76. The Labute approximate surface area is 187 Å². The molecule has 0 saturated heterocycles. The van der Waals surface area contributed by atoms with Gasteiger partial charge in [-0.25, -0.2) is 8.42 Å². The molecule has 2 rings (SSSR count). The number of hydrogen-bond donors (Lipinski definition) is 1. The first-order chi connectivity index (χ1) is 14.4. The molecule has 31 heavy (non-hydrogen) atoms. The molecule has 0 fully saturated rings. The van der Waals surface area contributed by atoms with E-state index >= 15 is 0 Å². The van der Waals surface area contributed by atoms with Gasteiger partial charge in [-0.2, -0.15) is 17.5 Å². The van der Waals surface area contributed by atoms with E-state index in [4.69, 9.17) is 27.9 Å². The van der Waals surface area contributed by atoms with Gasteiger partial charge in [0.2, 0.25) is 15.9 Å². The van der Waals surface area contributed by atoms with Gasteiger partial charge in [0, 0.05) is 11.6 Å². The van der Waals surface area contributed by atoms with E-state index < -0.39 is 39.9 Å². The Hall–Kier alpha value is -2.01. The standard InChI is InChI=1S/C19H19Cl2F3N2O4S/c1-3-26(31(28,29)13-6-8-17(30-4-2)15(21)10-13)11-18(27)25-16-7-5-12(20)9-14(16)19(22,23)24/h5-10H,3-4,11H2,1-2H3,(H,25,27). The van der Waals surface area contributed by atoms with Crippen molar-refractivity contribution in [1.29, 1.82) is 0 Å². The van der Waals surface area contributed by atoms with Gasteiger partial charge in [-0.1, -0.05) is 30.1 Å². The number of carbonyl (C=O) groups excluding carboxylic acids is 1. The summed E-state index contributed by atoms with van der Waals surface area (Å²) in [5.74, 6) is -0.651. The highest BCUT2D eigenvalue weighted by Crippen LogP contribution is 2.36. The zero-order valence-electron chi connectivity index (χ0n) is 16.5. The van der Waals surface area contributed by atoms with Crippen molar-refractivity contribution in [2.75, 3.05) is 25.0 Å². The molecule has 0 unspecified atom stereocenters. The Bertz CT molecular complexity index is 1060. The maximum atomic E-state index is 13.2. The Balaban J connectivity index is 2.25. The number of rotatable bonds is 8. The van der Waals surface area contributed by atoms with E-state index in [1.54, 1.807) is 6.92 Å². The van der Waals surface area contributed by atoms with E-state index in [0.717, 1.165) is 10.4 Å². The summed E-state index contributed by atoms with van der Waals surface area (Å²) in [6.45, 7) is 2.75. The number of benzene rings is 2. The van der Waals surface area contributed by atoms with Crippen molar-refractivity contribution in [3.63, 3.8) is 0 Å². The number of alkyl halides is 3. The minimum absolute atomic E-state index is 0.0689. The second-order valence-corrected chi connectivity index (χ2v) is 8.97. The summed E-state index contributed by atoms with van der Waals surface area (Å²) >= 11 is 11.7. The monoisotopic (exact) mass is 498 g/mol. The van der Waals surface area contributed by atoms with Crippen LogP contribution in [0.25, 0.3) is 0 Å². The van der Waals surface area contributed by atoms with Gasteiger partial charge in [0.1, 0.15) is 5.75 Å². The minimum atomic E-state index is -4.76. The number of nitrogens with one attached hydrogen (secondary N) is 1. The van der Waals surface area contributed by atoms with Crippen molar-refractivity contribution in [1.82, 2.24) is 4.31 Å². The van der Waals surface area contributed by atoms with Gasteiger partial charge in [0.15, 0.2) is 0 Å². The van der Waals surface area contributed by atoms with E-state index in [-0.39, 0.29) is 21.5 Å². The number of carbonyl (C=O) groups is 1. The minimum Gasteiger partial charge on any atom is -0.492 e. The maximum absolute atomic E-state index is 13.2. The van der Waals surface area contributed by atoms with Gasteiger partial charge in [0.25, 0.3) is 0 Å². The Morgan fingerprint density at radius 2 is 1.81 bits per heavy atom. The van der Waals surface area contributed by atoms with Crippen LogP contribution in [-0.2, 0) is 21.0 Å². The molecule has 0 saturated carbocycles. The summed E-state index contributed by atoms with van der Waals surface area (Å²) in [5.41, 5.74) is -1.67. The van der Waals surface area contributed by atoms with Gasteiger partial charge in [-0.15, -0.1) is 0 Å². The van der Waals surface area contributed by atoms with Gasteiger partial charge < -0.3 is 10.1 Å². The second kappa shape index (κ2) is 10.1. The molecule has 0 aliphatic rings. The average Bonchev–Trinajstić information content (AvgIpc) is 2.68. The normalized spacial score (nSPS) is 12.1. The molecule has 1 amide bonds. The lowest BCUT2D eigenvalue weighted by atomic mass is 10.1. The summed E-state index contributed by atoms with van der Waals surface area (Å²) < 4.78 is 71.5. The molecule has 0 aromatic heterocycles. The third-order valence-electron chi connectivity index (χ3n) is 4.07. The quantitative estimate of drug-likeness (QED) is 0.551. The molecule has 0 atom stereocenters. The molecule has 0 aliphatic heterocycles. The van der Waals surface area contributed by atoms with Crippen LogP contribution in [0.15, 0.2) is 41.3 Å². The van der Waals surface area contributed by atoms with Gasteiger partial charge in [-0.3, -0.25) is 4.79 Å². The number of nitrogens with zero attached hydrogens (tertiary/aromatic N) is 1. The SMILES string of the molecule is CCOc1ccc(S(=O)(=O)N(CC)CC(=O)Nc2ccc(Cl)cc2C(F)(F)F)cc1Cl. The number of anilines is 1. The van der Waals surface area contributed by atoms with Crippen LogP contribution in [0.5, 0.6) is 5.75 Å². The van der Waals surface area contributed by atoms with Crippen molar-refractivity contribution >= 4 is 44.8 Å². The van der Waals surface area contributed by atoms with Crippen LogP contribution in [0.4, 0.5) is 18.9 Å². The molecular weight excluding hydrogens is 480 g/mol. The number of ether oxygens (including phenoxy) is 1. The highest BCUT2D eigenvalue weighted by molar-refractivity contribution is 7.89. The first-order valence-electron chi connectivity index (χ1n) is 8.99. The van der Waals surface area contributed by atoms with Crippen LogP contribution in [0.3, 0.4) is 0 Å². The lowest BCUT2D eigenvalue weighted by Crippen LogP contribution is -2.38. The molecule has 0 heterocycles. The summed E-state index contributed by atoms with van der Waals surface area (Å²) in [5, 5.41) is 2.01. The molecule has 0 radical (unpaired) electrons. The zero-order chi connectivity index (χ0) is 23.4. The number of amides is 1. The van der Waals surface area contributed by atoms with E-state index in [9.17, 15) is 26.4 Å². The average molecular weight is 499 g/mol. The smallest absolute Gasteiger partial charge is 0.418 e. The van der Waals surface area contributed by atoms with Gasteiger partial charge in [-0.05, 0) is 43.3 Å². The summed E-state index contributed by atoms with van der Waals surface area (Å²) in [6, 6.07) is 6.70. The molecule has 12 heteroatoms. The topological polar surface area (TPSA) is 75.7 Å². The fraction of sp³-hybridized carbons (Fsp3) is 0.316. The maximum Gasteiger partial charge on any atom is 0.418 e. The van der Waals surface area contributed by atoms with Crippen molar-refractivity contribution in [2.24, 2.45) is 0 Å². The Kier molecular flexibility index (Phi) is 8.21. The summed E-state index contributed by atoms with van der Waals surface area (Å²) in [4.78, 5) is 12.2. The number of sulfonamides is 1. The van der Waals surface area contributed by atoms with Crippen molar-refractivity contribution < 1.29 is 31.1 Å². The molecule has 2 aromatic rings. The predicted molar refractivity (Wildman–Crippen MR) is 112 cm³/mol. The van der Waals surface area contributed by atoms with Crippen molar-refractivity contribution in [2.45, 2.75) is 24.9 Å². The first kappa shape index (κ1) is 25.3. The number of halogens is 5. The lowest BCUT2D eigenvalue weighted by molar-refractivity contribution is -0.137. The van der Waals surface area contributed by atoms with Crippen molar-refractivity contribution in [3.8, 4) is 5.75 Å². The van der Waals surface area contributed by atoms with Crippen LogP contribution >= 0.6 is 23.2 Å². The van der Waals surface area contributed by atoms with Crippen LogP contribution in [0, 0.1) is 0 Å². The van der Waals surface area contributed by atoms with Gasteiger partial charge in [0.05, 0.1) is 34.3 Å². The molecular formula is C19H19Cl2F3N2O4S. The largest absolute Gasteiger partial charge is 0.492 e. The second-order valence-electron chi connectivity index (χ2n) is 6.19. The van der Waals surface area contributed by atoms with E-state index in [1.807, 2.05) is 0 Å². The fourth-order valence-corrected chi connectivity index (χ4v) is 4.54. The summed E-state index contributed by atoms with van der Waals surface area (Å²) in [7, 11) is -4.15. The molecule has 2 aromatic carbocycles. The first-order valence-corrected chi connectivity index (χ1v) is 11.2. The van der Waals surface area contributed by atoms with Crippen LogP contribution in [0.2, 0.25) is 10.0 Å². The Morgan fingerprint density at radius 1 is 1.13 bits per heavy atom. The van der Waals surface area contributed by atoms with Gasteiger partial charge >= 0.3 is 6.18 Å². The molecule has 170 valence electrons. The van der Waals surface area contributed by atoms with Crippen molar-refractivity contribution in [3.05, 3.63) is 52.0 Å². The highest BCUT2D eigenvalue weighted by atomic mass is 35.5. The molecule has 0 aliphatic carbocycles. The lowest BCUT2D eigenvalue weighted by Gasteiger charge is -2.21. The fourth-order valence-electron chi connectivity index (χ4n) is 2.64. The molecule has 1 N–H and O–H groups in total. The predicted octanol–water partition coefficient (Wildman–Crippen LogP) is 5.06. The Morgan fingerprint density at radius 3 is 2.35 bits per heavy atom. The molecule has 6 nitrogen and oxygen atoms in total. The van der Waals surface area contributed by atoms with E-state index in [2.05, 4.69) is 5.32 Å². The molecule has 0 bridgehead atoms. The number of hydrogen-bond acceptors (Lipinski definition) is 4. The van der Waals surface area contributed by atoms with E-state index in [1.165, 1.54) is 31.2 Å². The van der Waals surface area contributed by atoms with Crippen LogP contribution < -0.4 is 10.1 Å². The van der Waals surface area contributed by atoms with E-state index in [0.29, 0.717) is 18.4 Å². The van der Waals surface area contributed by atoms with Crippen LogP contribution in [-0.4, -0.2) is 38.3 Å². The third kappa shape index (κ3) is 6.25. The van der Waals surface area contributed by atoms with Crippen LogP contribution in [0.1, 0.15) is 19.4 Å².